The molecule has 0 unspecified atom stereocenters. The van der Waals surface area contributed by atoms with Crippen LogP contribution in [0.2, 0.25) is 0 Å². The summed E-state index contributed by atoms with van der Waals surface area (Å²) in [7, 11) is -2.43. The fourth-order valence-corrected chi connectivity index (χ4v) is 6.08. The number of benzene rings is 3. The molecular formula is C28H31N3O6S. The molecule has 5 rings (SSSR count). The predicted octanol–water partition coefficient (Wildman–Crippen LogP) is 2.80. The normalized spacial score (nSPS) is 17.8. The molecule has 0 radical (unpaired) electrons. The summed E-state index contributed by atoms with van der Waals surface area (Å²) in [6.07, 6.45) is -1.01. The van der Waals surface area contributed by atoms with Crippen LogP contribution in [-0.4, -0.2) is 65.3 Å². The maximum Gasteiger partial charge on any atom is 0.264 e. The average molecular weight is 538 g/mol. The van der Waals surface area contributed by atoms with E-state index < -0.39 is 16.1 Å². The molecule has 0 bridgehead atoms. The van der Waals surface area contributed by atoms with Crippen molar-refractivity contribution < 1.29 is 27.4 Å². The number of anilines is 1. The van der Waals surface area contributed by atoms with Crippen molar-refractivity contribution in [1.29, 1.82) is 0 Å². The van der Waals surface area contributed by atoms with Gasteiger partial charge in [-0.15, -0.1) is 0 Å². The van der Waals surface area contributed by atoms with Gasteiger partial charge in [0.1, 0.15) is 11.5 Å². The van der Waals surface area contributed by atoms with Gasteiger partial charge >= 0.3 is 0 Å². The Morgan fingerprint density at radius 2 is 1.74 bits per heavy atom. The predicted molar refractivity (Wildman–Crippen MR) is 143 cm³/mol. The molecule has 0 spiro atoms. The Morgan fingerprint density at radius 1 is 1.00 bits per heavy atom. The van der Waals surface area contributed by atoms with Crippen molar-refractivity contribution in [3.63, 3.8) is 0 Å². The fraction of sp³-hybridized carbons (Fsp3) is 0.321. The lowest BCUT2D eigenvalue weighted by Crippen LogP contribution is -2.50. The standard InChI is InChI=1S/C28H31N3O6S/c1-35-23-9-11-24(12-10-23)38(33,34)31-20-27(37-26-8-3-2-7-25(26)31)28(32)29-18-21-5-4-6-22(17-21)19-30-13-15-36-16-14-30/h2-12,17,27H,13-16,18-20H2,1H3,(H,29,32)/t27-/m0/s1. The maximum absolute atomic E-state index is 13.6. The topological polar surface area (TPSA) is 97.4 Å². The fourth-order valence-electron chi connectivity index (χ4n) is 4.60. The zero-order valence-corrected chi connectivity index (χ0v) is 22.0. The highest BCUT2D eigenvalue weighted by Crippen LogP contribution is 2.37. The van der Waals surface area contributed by atoms with Crippen LogP contribution in [-0.2, 0) is 32.6 Å². The number of nitrogens with one attached hydrogen (secondary N) is 1. The van der Waals surface area contributed by atoms with E-state index in [0.717, 1.165) is 38.4 Å². The largest absolute Gasteiger partial charge is 0.497 e. The van der Waals surface area contributed by atoms with Crippen LogP contribution >= 0.6 is 0 Å². The third-order valence-electron chi connectivity index (χ3n) is 6.64. The molecule has 0 saturated carbocycles. The molecule has 2 aliphatic rings. The molecule has 2 aliphatic heterocycles. The highest BCUT2D eigenvalue weighted by atomic mass is 32.2. The molecule has 1 N–H and O–H groups in total. The molecule has 9 nitrogen and oxygen atoms in total. The molecule has 1 saturated heterocycles. The van der Waals surface area contributed by atoms with Gasteiger partial charge in [0, 0.05) is 26.2 Å². The van der Waals surface area contributed by atoms with E-state index in [1.165, 1.54) is 29.1 Å². The van der Waals surface area contributed by atoms with E-state index in [1.807, 2.05) is 12.1 Å². The molecule has 1 amide bonds. The minimum Gasteiger partial charge on any atom is -0.497 e. The van der Waals surface area contributed by atoms with E-state index in [9.17, 15) is 13.2 Å². The van der Waals surface area contributed by atoms with Crippen LogP contribution in [0.3, 0.4) is 0 Å². The Balaban J connectivity index is 1.29. The molecule has 2 heterocycles. The lowest BCUT2D eigenvalue weighted by molar-refractivity contribution is -0.127. The Morgan fingerprint density at radius 3 is 2.50 bits per heavy atom. The molecule has 200 valence electrons. The number of amides is 1. The van der Waals surface area contributed by atoms with Gasteiger partial charge in [0.15, 0.2) is 6.10 Å². The van der Waals surface area contributed by atoms with Crippen LogP contribution in [0.15, 0.2) is 77.7 Å². The first-order chi connectivity index (χ1) is 18.4. The maximum atomic E-state index is 13.6. The van der Waals surface area contributed by atoms with Gasteiger partial charge in [0.05, 0.1) is 37.5 Å². The van der Waals surface area contributed by atoms with Crippen LogP contribution < -0.4 is 19.1 Å². The van der Waals surface area contributed by atoms with Gasteiger partial charge in [-0.1, -0.05) is 36.4 Å². The lowest BCUT2D eigenvalue weighted by Gasteiger charge is -2.34. The summed E-state index contributed by atoms with van der Waals surface area (Å²) >= 11 is 0. The number of carbonyl (C=O) groups is 1. The number of hydrogen-bond donors (Lipinski definition) is 1. The Hall–Kier alpha value is -3.60. The number of ether oxygens (including phenoxy) is 3. The van der Waals surface area contributed by atoms with Crippen molar-refractivity contribution in [2.24, 2.45) is 0 Å². The highest BCUT2D eigenvalue weighted by molar-refractivity contribution is 7.92. The molecule has 1 atom stereocenters. The highest BCUT2D eigenvalue weighted by Gasteiger charge is 2.37. The van der Waals surface area contributed by atoms with Gasteiger partial charge in [0.2, 0.25) is 0 Å². The molecule has 0 aliphatic carbocycles. The Kier molecular flexibility index (Phi) is 7.82. The summed E-state index contributed by atoms with van der Waals surface area (Å²) in [5.74, 6) is 0.508. The number of fused-ring (bicyclic) bond motifs is 1. The van der Waals surface area contributed by atoms with Crippen LogP contribution in [0.25, 0.3) is 0 Å². The number of hydrogen-bond acceptors (Lipinski definition) is 7. The number of rotatable bonds is 8. The van der Waals surface area contributed by atoms with Crippen molar-refractivity contribution >= 4 is 21.6 Å². The van der Waals surface area contributed by atoms with Crippen molar-refractivity contribution in [2.45, 2.75) is 24.1 Å². The number of morpholine rings is 1. The molecule has 38 heavy (non-hydrogen) atoms. The van der Waals surface area contributed by atoms with Gasteiger partial charge in [0.25, 0.3) is 15.9 Å². The minimum absolute atomic E-state index is 0.103. The van der Waals surface area contributed by atoms with Crippen molar-refractivity contribution in [2.75, 3.05) is 44.3 Å². The number of sulfonamides is 1. The molecule has 0 aromatic heterocycles. The lowest BCUT2D eigenvalue weighted by atomic mass is 10.1. The number of carbonyl (C=O) groups excluding carboxylic acids is 1. The molecular weight excluding hydrogens is 506 g/mol. The van der Waals surface area contributed by atoms with E-state index in [-0.39, 0.29) is 17.3 Å². The second kappa shape index (κ2) is 11.4. The van der Waals surface area contributed by atoms with Gasteiger partial charge in [-0.25, -0.2) is 8.42 Å². The van der Waals surface area contributed by atoms with Gasteiger partial charge in [-0.2, -0.15) is 0 Å². The first kappa shape index (κ1) is 26.0. The smallest absolute Gasteiger partial charge is 0.264 e. The van der Waals surface area contributed by atoms with Crippen LogP contribution in [0, 0.1) is 0 Å². The summed E-state index contributed by atoms with van der Waals surface area (Å²) in [4.78, 5) is 15.6. The van der Waals surface area contributed by atoms with E-state index in [4.69, 9.17) is 14.2 Å². The SMILES string of the molecule is COc1ccc(S(=O)(=O)N2C[C@@H](C(=O)NCc3cccc(CN4CCOCC4)c3)Oc3ccccc32)cc1. The Bertz CT molecular complexity index is 1370. The summed E-state index contributed by atoms with van der Waals surface area (Å²) in [6.45, 7) is 4.27. The molecule has 3 aromatic carbocycles. The quantitative estimate of drug-likeness (QED) is 0.472. The van der Waals surface area contributed by atoms with Crippen LogP contribution in [0.5, 0.6) is 11.5 Å². The summed E-state index contributed by atoms with van der Waals surface area (Å²) in [5.41, 5.74) is 2.52. The van der Waals surface area contributed by atoms with Crippen LogP contribution in [0.4, 0.5) is 5.69 Å². The second-order valence-corrected chi connectivity index (χ2v) is 11.1. The summed E-state index contributed by atoms with van der Waals surface area (Å²) in [5, 5.41) is 2.92. The first-order valence-corrected chi connectivity index (χ1v) is 14.0. The number of methoxy groups -OCH3 is 1. The van der Waals surface area contributed by atoms with E-state index >= 15 is 0 Å². The number of nitrogens with zero attached hydrogens (tertiary/aromatic N) is 2. The number of para-hydroxylation sites is 2. The zero-order chi connectivity index (χ0) is 26.5. The van der Waals surface area contributed by atoms with E-state index in [0.29, 0.717) is 23.7 Å². The van der Waals surface area contributed by atoms with E-state index in [1.54, 1.807) is 36.4 Å². The molecule has 10 heteroatoms. The molecule has 3 aromatic rings. The van der Waals surface area contributed by atoms with Crippen LogP contribution in [0.1, 0.15) is 11.1 Å². The van der Waals surface area contributed by atoms with Gasteiger partial charge < -0.3 is 19.5 Å². The van der Waals surface area contributed by atoms with Crippen molar-refractivity contribution in [3.05, 3.63) is 83.9 Å². The summed E-state index contributed by atoms with van der Waals surface area (Å²) < 4.78 is 44.9. The third kappa shape index (κ3) is 5.77. The zero-order valence-electron chi connectivity index (χ0n) is 21.2. The average Bonchev–Trinajstić information content (AvgIpc) is 2.96. The van der Waals surface area contributed by atoms with Gasteiger partial charge in [-0.05, 0) is 47.5 Å². The third-order valence-corrected chi connectivity index (χ3v) is 8.44. The Labute approximate surface area is 223 Å². The van der Waals surface area contributed by atoms with Crippen molar-refractivity contribution in [3.8, 4) is 11.5 Å². The minimum atomic E-state index is -3.95. The molecule has 1 fully saturated rings. The second-order valence-electron chi connectivity index (χ2n) is 9.21. The van der Waals surface area contributed by atoms with Crippen molar-refractivity contribution in [1.82, 2.24) is 10.2 Å². The van der Waals surface area contributed by atoms with Gasteiger partial charge in [-0.3, -0.25) is 14.0 Å². The summed E-state index contributed by atoms with van der Waals surface area (Å²) in [6, 6.07) is 21.1. The van der Waals surface area contributed by atoms with E-state index in [2.05, 4.69) is 22.3 Å². The monoisotopic (exact) mass is 537 g/mol. The first-order valence-electron chi connectivity index (χ1n) is 12.5.